The van der Waals surface area contributed by atoms with Crippen molar-refractivity contribution in [3.8, 4) is 0 Å². The van der Waals surface area contributed by atoms with Crippen molar-refractivity contribution in [2.75, 3.05) is 0 Å². The average Bonchev–Trinajstić information content (AvgIpc) is 3.10. The Morgan fingerprint density at radius 2 is 1.60 bits per heavy atom. The van der Waals surface area contributed by atoms with Gasteiger partial charge in [0, 0.05) is 19.3 Å². The van der Waals surface area contributed by atoms with Gasteiger partial charge in [0.2, 0.25) is 0 Å². The molecule has 25 heavy (non-hydrogen) atoms. The molecule has 0 aliphatic heterocycles. The predicted molar refractivity (Wildman–Crippen MR) is 92.6 cm³/mol. The van der Waals surface area contributed by atoms with Crippen LogP contribution in [-0.2, 0) is 17.9 Å². The number of rotatable bonds is 6. The number of hydrogen-bond donors (Lipinski definition) is 1. The topological polar surface area (TPSA) is 51.1 Å². The second-order valence-corrected chi connectivity index (χ2v) is 5.65. The van der Waals surface area contributed by atoms with Crippen LogP contribution in [0.4, 0.5) is 4.39 Å². The number of aromatic nitrogens is 1. The molecule has 0 aliphatic carbocycles. The minimum absolute atomic E-state index is 0.296. The van der Waals surface area contributed by atoms with Gasteiger partial charge < -0.3 is 9.88 Å². The van der Waals surface area contributed by atoms with Gasteiger partial charge in [-0.2, -0.15) is 0 Å². The summed E-state index contributed by atoms with van der Waals surface area (Å²) in [4.78, 5) is 24.5. The fraction of sp³-hybridized carbons (Fsp3) is 0.100. The van der Waals surface area contributed by atoms with E-state index in [9.17, 15) is 14.0 Å². The highest BCUT2D eigenvalue weighted by Crippen LogP contribution is 2.10. The zero-order valence-electron chi connectivity index (χ0n) is 13.5. The molecule has 1 amide bonds. The molecule has 0 saturated heterocycles. The first-order chi connectivity index (χ1) is 12.1. The number of amides is 1. The van der Waals surface area contributed by atoms with Crippen LogP contribution in [0.15, 0.2) is 72.9 Å². The molecule has 0 unspecified atom stereocenters. The molecule has 3 rings (SSSR count). The van der Waals surface area contributed by atoms with E-state index in [1.807, 2.05) is 30.3 Å². The predicted octanol–water partition coefficient (Wildman–Crippen LogP) is 3.17. The number of nitrogens with zero attached hydrogens (tertiary/aromatic N) is 1. The van der Waals surface area contributed by atoms with E-state index < -0.39 is 11.7 Å². The Hall–Kier alpha value is -3.21. The van der Waals surface area contributed by atoms with E-state index in [1.54, 1.807) is 35.0 Å². The number of nitrogens with one attached hydrogen (secondary N) is 1. The number of hydrogen-bond acceptors (Lipinski definition) is 2. The number of carbonyl (C=O) groups excluding carboxylic acids is 2. The van der Waals surface area contributed by atoms with Crippen molar-refractivity contribution < 1.29 is 14.0 Å². The SMILES string of the molecule is O=C(NCc1ccccc1)C(=O)c1cccn1Cc1ccc(F)cc1. The third-order valence-corrected chi connectivity index (χ3v) is 3.83. The van der Waals surface area contributed by atoms with E-state index in [1.165, 1.54) is 12.1 Å². The van der Waals surface area contributed by atoms with E-state index in [2.05, 4.69) is 5.32 Å². The van der Waals surface area contributed by atoms with Crippen LogP contribution in [-0.4, -0.2) is 16.3 Å². The van der Waals surface area contributed by atoms with Crippen LogP contribution in [0.2, 0.25) is 0 Å². The molecule has 0 saturated carbocycles. The fourth-order valence-electron chi connectivity index (χ4n) is 2.52. The van der Waals surface area contributed by atoms with Gasteiger partial charge >= 0.3 is 0 Å². The quantitative estimate of drug-likeness (QED) is 0.555. The number of halogens is 1. The summed E-state index contributed by atoms with van der Waals surface area (Å²) in [6.07, 6.45) is 1.72. The first kappa shape index (κ1) is 16.6. The van der Waals surface area contributed by atoms with Gasteiger partial charge in [0.05, 0.1) is 5.69 Å². The Bertz CT molecular complexity index is 870. The van der Waals surface area contributed by atoms with Crippen molar-refractivity contribution >= 4 is 11.7 Å². The molecular formula is C20H17FN2O2. The normalized spacial score (nSPS) is 10.4. The Morgan fingerprint density at radius 1 is 0.880 bits per heavy atom. The lowest BCUT2D eigenvalue weighted by molar-refractivity contribution is -0.117. The standard InChI is InChI=1S/C20H17FN2O2/c21-17-10-8-16(9-11-17)14-23-12-4-7-18(23)19(24)20(25)22-13-15-5-2-1-3-6-15/h1-12H,13-14H2,(H,22,25). The summed E-state index contributed by atoms with van der Waals surface area (Å²) >= 11 is 0. The molecule has 4 nitrogen and oxygen atoms in total. The van der Waals surface area contributed by atoms with Crippen LogP contribution in [0.3, 0.4) is 0 Å². The van der Waals surface area contributed by atoms with Crippen molar-refractivity contribution in [1.29, 1.82) is 0 Å². The van der Waals surface area contributed by atoms with Crippen LogP contribution in [0.25, 0.3) is 0 Å². The lowest BCUT2D eigenvalue weighted by Crippen LogP contribution is -2.31. The van der Waals surface area contributed by atoms with Crippen molar-refractivity contribution in [2.24, 2.45) is 0 Å². The average molecular weight is 336 g/mol. The third-order valence-electron chi connectivity index (χ3n) is 3.83. The van der Waals surface area contributed by atoms with Crippen LogP contribution < -0.4 is 5.32 Å². The van der Waals surface area contributed by atoms with E-state index in [0.717, 1.165) is 11.1 Å². The van der Waals surface area contributed by atoms with E-state index in [-0.39, 0.29) is 5.82 Å². The van der Waals surface area contributed by atoms with Gasteiger partial charge in [0.25, 0.3) is 11.7 Å². The smallest absolute Gasteiger partial charge is 0.294 e. The monoisotopic (exact) mass is 336 g/mol. The number of ketones is 1. The van der Waals surface area contributed by atoms with Crippen LogP contribution >= 0.6 is 0 Å². The Labute approximate surface area is 144 Å². The van der Waals surface area contributed by atoms with Gasteiger partial charge in [-0.15, -0.1) is 0 Å². The van der Waals surface area contributed by atoms with E-state index in [4.69, 9.17) is 0 Å². The summed E-state index contributed by atoms with van der Waals surface area (Å²) in [5.74, 6) is -1.56. The summed E-state index contributed by atoms with van der Waals surface area (Å²) < 4.78 is 14.7. The van der Waals surface area contributed by atoms with Gasteiger partial charge in [-0.25, -0.2) is 4.39 Å². The van der Waals surface area contributed by atoms with Gasteiger partial charge in [0.1, 0.15) is 5.82 Å². The maximum absolute atomic E-state index is 13.0. The molecule has 1 N–H and O–H groups in total. The molecule has 0 radical (unpaired) electrons. The molecule has 126 valence electrons. The summed E-state index contributed by atoms with van der Waals surface area (Å²) in [6.45, 7) is 0.685. The lowest BCUT2D eigenvalue weighted by Gasteiger charge is -2.09. The third kappa shape index (κ3) is 4.20. The second kappa shape index (κ2) is 7.57. The molecule has 0 atom stereocenters. The van der Waals surface area contributed by atoms with Crippen LogP contribution in [0.5, 0.6) is 0 Å². The van der Waals surface area contributed by atoms with Crippen LogP contribution in [0, 0.1) is 5.82 Å². The summed E-state index contributed by atoms with van der Waals surface area (Å²) in [7, 11) is 0. The van der Waals surface area contributed by atoms with Crippen LogP contribution in [0.1, 0.15) is 21.6 Å². The van der Waals surface area contributed by atoms with Gasteiger partial charge in [-0.05, 0) is 35.4 Å². The molecule has 0 aliphatic rings. The summed E-state index contributed by atoms with van der Waals surface area (Å²) in [6, 6.07) is 18.7. The Morgan fingerprint density at radius 3 is 2.32 bits per heavy atom. The molecule has 0 spiro atoms. The summed E-state index contributed by atoms with van der Waals surface area (Å²) in [5.41, 5.74) is 2.07. The maximum atomic E-state index is 13.0. The van der Waals surface area contributed by atoms with Crippen molar-refractivity contribution in [3.05, 3.63) is 95.6 Å². The molecule has 2 aromatic carbocycles. The van der Waals surface area contributed by atoms with Gasteiger partial charge in [-0.3, -0.25) is 9.59 Å². The fourth-order valence-corrected chi connectivity index (χ4v) is 2.52. The molecule has 0 fully saturated rings. The maximum Gasteiger partial charge on any atom is 0.294 e. The van der Waals surface area contributed by atoms with Crippen molar-refractivity contribution in [3.63, 3.8) is 0 Å². The Balaban J connectivity index is 1.67. The molecular weight excluding hydrogens is 319 g/mol. The highest BCUT2D eigenvalue weighted by Gasteiger charge is 2.19. The highest BCUT2D eigenvalue weighted by molar-refractivity contribution is 6.42. The van der Waals surface area contributed by atoms with Crippen molar-refractivity contribution in [1.82, 2.24) is 9.88 Å². The molecule has 1 heterocycles. The molecule has 1 aromatic heterocycles. The minimum atomic E-state index is -0.650. The summed E-state index contributed by atoms with van der Waals surface area (Å²) in [5, 5.41) is 2.63. The zero-order chi connectivity index (χ0) is 17.6. The highest BCUT2D eigenvalue weighted by atomic mass is 19.1. The van der Waals surface area contributed by atoms with Gasteiger partial charge in [0.15, 0.2) is 0 Å². The first-order valence-corrected chi connectivity index (χ1v) is 7.89. The molecule has 3 aromatic rings. The Kier molecular flexibility index (Phi) is 5.04. The molecule has 5 heteroatoms. The van der Waals surface area contributed by atoms with Crippen molar-refractivity contribution in [2.45, 2.75) is 13.1 Å². The largest absolute Gasteiger partial charge is 0.345 e. The number of carbonyl (C=O) groups is 2. The molecule has 0 bridgehead atoms. The first-order valence-electron chi connectivity index (χ1n) is 7.89. The zero-order valence-corrected chi connectivity index (χ0v) is 13.5. The number of Topliss-reactive ketones (excluding diaryl/α,β-unsaturated/α-hetero) is 1. The van der Waals surface area contributed by atoms with E-state index >= 15 is 0 Å². The lowest BCUT2D eigenvalue weighted by atomic mass is 10.2. The number of benzene rings is 2. The van der Waals surface area contributed by atoms with E-state index in [0.29, 0.717) is 18.8 Å². The minimum Gasteiger partial charge on any atom is -0.345 e. The van der Waals surface area contributed by atoms with Gasteiger partial charge in [-0.1, -0.05) is 42.5 Å². The second-order valence-electron chi connectivity index (χ2n) is 5.65.